The van der Waals surface area contributed by atoms with Gasteiger partial charge in [-0.2, -0.15) is 4.31 Å². The smallest absolute Gasteiger partial charge is 0.424 e. The maximum Gasteiger partial charge on any atom is 0.424 e. The van der Waals surface area contributed by atoms with Crippen molar-refractivity contribution in [3.63, 3.8) is 0 Å². The molecule has 0 aromatic heterocycles. The van der Waals surface area contributed by atoms with Crippen LogP contribution in [0, 0.1) is 6.92 Å². The van der Waals surface area contributed by atoms with Crippen molar-refractivity contribution < 1.29 is 19.3 Å². The normalized spacial score (nSPS) is 21.2. The molecular formula is C11H13NO4S. The lowest BCUT2D eigenvalue weighted by Crippen LogP contribution is -2.37. The Labute approximate surface area is 101 Å². The highest BCUT2D eigenvalue weighted by Gasteiger charge is 2.40. The molecule has 0 bridgehead atoms. The fraction of sp³-hybridized carbons (Fsp3) is 0.364. The van der Waals surface area contributed by atoms with Crippen LogP contribution in [0.5, 0.6) is 0 Å². The van der Waals surface area contributed by atoms with Gasteiger partial charge in [0.15, 0.2) is 0 Å². The summed E-state index contributed by atoms with van der Waals surface area (Å²) in [4.78, 5) is 11.5. The van der Waals surface area contributed by atoms with Gasteiger partial charge in [0, 0.05) is 1.37 Å². The van der Waals surface area contributed by atoms with E-state index < -0.39 is 22.2 Å². The standard InChI is InChI=1S/C11H13NO4S/c1-8-3-5-10(6-4-8)17(14,15)12-9(2)7-16-11(12)13/h3-6,9H,7H2,1-2H3/t9-/m1/s1/i2D. The van der Waals surface area contributed by atoms with Crippen LogP contribution in [-0.2, 0) is 14.8 Å². The van der Waals surface area contributed by atoms with E-state index in [0.717, 1.165) is 5.56 Å². The molecule has 1 aromatic carbocycles. The van der Waals surface area contributed by atoms with Crippen molar-refractivity contribution in [1.82, 2.24) is 4.31 Å². The minimum absolute atomic E-state index is 0.0328. The zero-order valence-corrected chi connectivity index (χ0v) is 10.1. The molecule has 0 spiro atoms. The molecule has 1 saturated heterocycles. The van der Waals surface area contributed by atoms with Gasteiger partial charge in [-0.3, -0.25) is 0 Å². The van der Waals surface area contributed by atoms with Gasteiger partial charge in [-0.05, 0) is 26.0 Å². The molecule has 0 radical (unpaired) electrons. The topological polar surface area (TPSA) is 63.7 Å². The number of hydrogen-bond donors (Lipinski definition) is 0. The van der Waals surface area contributed by atoms with Crippen LogP contribution < -0.4 is 0 Å². The van der Waals surface area contributed by atoms with Crippen LogP contribution in [0.15, 0.2) is 29.2 Å². The Morgan fingerprint density at radius 1 is 1.41 bits per heavy atom. The molecule has 1 amide bonds. The maximum atomic E-state index is 12.3. The minimum Gasteiger partial charge on any atom is -0.446 e. The van der Waals surface area contributed by atoms with Crippen LogP contribution in [0.3, 0.4) is 0 Å². The van der Waals surface area contributed by atoms with Gasteiger partial charge < -0.3 is 4.74 Å². The second kappa shape index (κ2) is 4.03. The second-order valence-electron chi connectivity index (χ2n) is 3.84. The number of carbonyl (C=O) groups excluding carboxylic acids is 1. The summed E-state index contributed by atoms with van der Waals surface area (Å²) >= 11 is 0. The van der Waals surface area contributed by atoms with Crippen LogP contribution in [-0.4, -0.2) is 31.5 Å². The third kappa shape index (κ3) is 2.00. The molecule has 1 aromatic rings. The molecule has 1 atom stereocenters. The third-order valence-electron chi connectivity index (χ3n) is 2.49. The highest BCUT2D eigenvalue weighted by atomic mass is 32.2. The van der Waals surface area contributed by atoms with E-state index in [2.05, 4.69) is 4.74 Å². The van der Waals surface area contributed by atoms with E-state index in [0.29, 0.717) is 4.31 Å². The number of sulfonamides is 1. The van der Waals surface area contributed by atoms with Gasteiger partial charge in [0.1, 0.15) is 6.61 Å². The first-order valence-corrected chi connectivity index (χ1v) is 6.48. The number of benzene rings is 1. The second-order valence-corrected chi connectivity index (χ2v) is 5.66. The largest absolute Gasteiger partial charge is 0.446 e. The average Bonchev–Trinajstić information content (AvgIpc) is 2.71. The Morgan fingerprint density at radius 2 is 2.06 bits per heavy atom. The molecule has 0 unspecified atom stereocenters. The van der Waals surface area contributed by atoms with E-state index in [4.69, 9.17) is 1.37 Å². The number of rotatable bonds is 2. The predicted molar refractivity (Wildman–Crippen MR) is 61.0 cm³/mol. The van der Waals surface area contributed by atoms with Gasteiger partial charge in [-0.15, -0.1) is 0 Å². The maximum absolute atomic E-state index is 12.3. The van der Waals surface area contributed by atoms with Crippen LogP contribution in [0.25, 0.3) is 0 Å². The third-order valence-corrected chi connectivity index (χ3v) is 4.32. The lowest BCUT2D eigenvalue weighted by molar-refractivity contribution is 0.170. The minimum atomic E-state index is -3.93. The number of nitrogens with zero attached hydrogens (tertiary/aromatic N) is 1. The van der Waals surface area contributed by atoms with Gasteiger partial charge in [0.25, 0.3) is 10.0 Å². The van der Waals surface area contributed by atoms with E-state index in [1.807, 2.05) is 6.92 Å². The number of aryl methyl sites for hydroxylation is 1. The van der Waals surface area contributed by atoms with Crippen LogP contribution in [0.2, 0.25) is 0 Å². The Balaban J connectivity index is 2.41. The summed E-state index contributed by atoms with van der Waals surface area (Å²) in [5, 5.41) is 0. The first kappa shape index (κ1) is 10.6. The molecule has 1 aliphatic rings. The first-order chi connectivity index (χ1) is 8.46. The number of amides is 1. The van der Waals surface area contributed by atoms with Crippen LogP contribution in [0.1, 0.15) is 13.8 Å². The molecule has 5 nitrogen and oxygen atoms in total. The molecule has 1 fully saturated rings. The quantitative estimate of drug-likeness (QED) is 0.805. The van der Waals surface area contributed by atoms with Crippen molar-refractivity contribution in [3.8, 4) is 0 Å². The van der Waals surface area contributed by atoms with Crippen molar-refractivity contribution in [3.05, 3.63) is 29.8 Å². The fourth-order valence-corrected chi connectivity index (χ4v) is 2.98. The zero-order chi connectivity index (χ0) is 13.3. The number of ether oxygens (including phenoxy) is 1. The van der Waals surface area contributed by atoms with E-state index in [1.54, 1.807) is 12.1 Å². The van der Waals surface area contributed by atoms with Gasteiger partial charge in [0.2, 0.25) is 0 Å². The number of hydrogen-bond acceptors (Lipinski definition) is 4. The highest BCUT2D eigenvalue weighted by molar-refractivity contribution is 7.89. The number of cyclic esters (lactones) is 1. The van der Waals surface area contributed by atoms with Crippen LogP contribution >= 0.6 is 0 Å². The molecule has 6 heteroatoms. The fourth-order valence-electron chi connectivity index (χ4n) is 1.57. The summed E-state index contributed by atoms with van der Waals surface area (Å²) in [7, 11) is -3.93. The van der Waals surface area contributed by atoms with Gasteiger partial charge >= 0.3 is 6.09 Å². The van der Waals surface area contributed by atoms with E-state index in [-0.39, 0.29) is 18.4 Å². The molecule has 92 valence electrons. The Kier molecular flexibility index (Phi) is 2.51. The van der Waals surface area contributed by atoms with Crippen molar-refractivity contribution in [2.75, 3.05) is 6.61 Å². The monoisotopic (exact) mass is 256 g/mol. The molecule has 0 saturated carbocycles. The molecule has 1 heterocycles. The first-order valence-electron chi connectivity index (χ1n) is 5.74. The van der Waals surface area contributed by atoms with Crippen LogP contribution in [0.4, 0.5) is 4.79 Å². The van der Waals surface area contributed by atoms with E-state index >= 15 is 0 Å². The Hall–Kier alpha value is -1.56. The van der Waals surface area contributed by atoms with Gasteiger partial charge in [-0.1, -0.05) is 17.7 Å². The summed E-state index contributed by atoms with van der Waals surface area (Å²) in [5.41, 5.74) is 0.926. The Bertz CT molecular complexity index is 555. The van der Waals surface area contributed by atoms with Crippen molar-refractivity contribution in [2.45, 2.75) is 24.8 Å². The summed E-state index contributed by atoms with van der Waals surface area (Å²) < 4.78 is 37.1. The summed E-state index contributed by atoms with van der Waals surface area (Å²) in [5.74, 6) is 0. The average molecular weight is 256 g/mol. The molecule has 17 heavy (non-hydrogen) atoms. The van der Waals surface area contributed by atoms with Gasteiger partial charge in [0.05, 0.1) is 10.9 Å². The molecule has 0 N–H and O–H groups in total. The predicted octanol–water partition coefficient (Wildman–Crippen LogP) is 1.52. The van der Waals surface area contributed by atoms with Gasteiger partial charge in [-0.25, -0.2) is 13.2 Å². The number of carbonyl (C=O) groups is 1. The van der Waals surface area contributed by atoms with Crippen molar-refractivity contribution in [1.29, 1.82) is 0 Å². The SMILES string of the molecule is [2H]C[C@@H]1COC(=O)N1S(=O)(=O)c1ccc(C)cc1. The van der Waals surface area contributed by atoms with Crippen molar-refractivity contribution in [2.24, 2.45) is 0 Å². The van der Waals surface area contributed by atoms with Crippen molar-refractivity contribution >= 4 is 16.1 Å². The highest BCUT2D eigenvalue weighted by Crippen LogP contribution is 2.23. The Morgan fingerprint density at radius 3 is 2.65 bits per heavy atom. The molecule has 1 aliphatic heterocycles. The summed E-state index contributed by atoms with van der Waals surface area (Å²) in [6, 6.07) is 5.45. The van der Waals surface area contributed by atoms with E-state index in [1.165, 1.54) is 12.1 Å². The molecular weight excluding hydrogens is 242 g/mol. The lowest BCUT2D eigenvalue weighted by atomic mass is 10.2. The van der Waals surface area contributed by atoms with E-state index in [9.17, 15) is 13.2 Å². The molecule has 2 rings (SSSR count). The molecule has 0 aliphatic carbocycles. The lowest BCUT2D eigenvalue weighted by Gasteiger charge is -2.17. The summed E-state index contributed by atoms with van der Waals surface area (Å²) in [6.07, 6.45) is -0.909. The summed E-state index contributed by atoms with van der Waals surface area (Å²) in [6.45, 7) is 1.57. The zero-order valence-electron chi connectivity index (χ0n) is 10.3.